The second-order valence-corrected chi connectivity index (χ2v) is 9.25. The maximum absolute atomic E-state index is 15.0. The van der Waals surface area contributed by atoms with Gasteiger partial charge >= 0.3 is 0 Å². The fourth-order valence-electron chi connectivity index (χ4n) is 5.66. The number of halogens is 1. The Bertz CT molecular complexity index is 1070. The lowest BCUT2D eigenvalue weighted by Gasteiger charge is -2.35. The average Bonchev–Trinajstić information content (AvgIpc) is 3.59. The molecule has 3 aromatic rings. The molecule has 10 heteroatoms. The molecular weight excluding hydrogens is 409 g/mol. The van der Waals surface area contributed by atoms with Gasteiger partial charge in [-0.3, -0.25) is 14.8 Å². The molecule has 0 aromatic carbocycles. The molecule has 3 aromatic heterocycles. The van der Waals surface area contributed by atoms with Crippen molar-refractivity contribution in [2.45, 2.75) is 49.5 Å². The van der Waals surface area contributed by atoms with Crippen molar-refractivity contribution in [2.24, 2.45) is 13.0 Å². The number of rotatable bonds is 4. The topological polar surface area (TPSA) is 88.7 Å². The number of nitrogens with one attached hydrogen (secondary N) is 2. The van der Waals surface area contributed by atoms with E-state index in [-0.39, 0.29) is 23.9 Å². The van der Waals surface area contributed by atoms with Crippen LogP contribution in [-0.4, -0.2) is 54.8 Å². The minimum Gasteiger partial charge on any atom is -0.354 e. The van der Waals surface area contributed by atoms with Gasteiger partial charge in [0, 0.05) is 56.8 Å². The molecule has 5 heterocycles. The van der Waals surface area contributed by atoms with Crippen molar-refractivity contribution in [2.75, 3.05) is 18.0 Å². The Morgan fingerprint density at radius 2 is 2.09 bits per heavy atom. The number of alkyl halides is 1. The summed E-state index contributed by atoms with van der Waals surface area (Å²) >= 11 is 0. The standard InChI is InChI=1S/C22H28FN9/c1-30-11-14(10-27-30)16-7-17-19(8-18(16)23)28-29-22(17)20-9-21(25-13-24-20)31-6-3-15(12-31)32-5-2-4-26-32/h2,4-5,9-11,13,15-19,22,28-29H,3,6-8,12H2,1H3. The number of hydrazine groups is 1. The number of aromatic nitrogens is 6. The molecule has 1 aliphatic carbocycles. The van der Waals surface area contributed by atoms with Crippen LogP contribution in [0.15, 0.2) is 43.2 Å². The number of fused-ring (bicyclic) bond motifs is 1. The van der Waals surface area contributed by atoms with Crippen LogP contribution in [0.2, 0.25) is 0 Å². The molecule has 3 aliphatic rings. The van der Waals surface area contributed by atoms with Gasteiger partial charge < -0.3 is 4.90 Å². The Kier molecular flexibility index (Phi) is 4.91. The highest BCUT2D eigenvalue weighted by Crippen LogP contribution is 2.45. The van der Waals surface area contributed by atoms with E-state index < -0.39 is 6.17 Å². The first-order chi connectivity index (χ1) is 15.7. The largest absolute Gasteiger partial charge is 0.354 e. The molecule has 0 spiro atoms. The lowest BCUT2D eigenvalue weighted by molar-refractivity contribution is 0.153. The number of aryl methyl sites for hydroxylation is 1. The maximum Gasteiger partial charge on any atom is 0.132 e. The molecule has 0 amide bonds. The second-order valence-electron chi connectivity index (χ2n) is 9.25. The summed E-state index contributed by atoms with van der Waals surface area (Å²) in [5.74, 6) is 1.06. The summed E-state index contributed by atoms with van der Waals surface area (Å²) in [6.07, 6.45) is 10.6. The van der Waals surface area contributed by atoms with E-state index in [1.165, 1.54) is 0 Å². The van der Waals surface area contributed by atoms with Crippen molar-refractivity contribution in [3.63, 3.8) is 0 Å². The van der Waals surface area contributed by atoms with Crippen LogP contribution >= 0.6 is 0 Å². The van der Waals surface area contributed by atoms with Gasteiger partial charge in [-0.2, -0.15) is 10.2 Å². The van der Waals surface area contributed by atoms with Gasteiger partial charge in [-0.25, -0.2) is 19.8 Å². The van der Waals surface area contributed by atoms with Gasteiger partial charge in [0.25, 0.3) is 0 Å². The number of hydrogen-bond donors (Lipinski definition) is 2. The van der Waals surface area contributed by atoms with Gasteiger partial charge in [-0.05, 0) is 36.8 Å². The third-order valence-electron chi connectivity index (χ3n) is 7.34. The van der Waals surface area contributed by atoms with Gasteiger partial charge in [0.05, 0.1) is 24.0 Å². The zero-order chi connectivity index (χ0) is 21.7. The summed E-state index contributed by atoms with van der Waals surface area (Å²) < 4.78 is 18.8. The van der Waals surface area contributed by atoms with E-state index >= 15 is 0 Å². The van der Waals surface area contributed by atoms with Crippen LogP contribution < -0.4 is 15.8 Å². The highest BCUT2D eigenvalue weighted by Gasteiger charge is 2.46. The molecule has 6 rings (SSSR count). The normalized spacial score (nSPS) is 32.4. The molecule has 1 saturated carbocycles. The number of anilines is 1. The number of nitrogens with zero attached hydrogens (tertiary/aromatic N) is 7. The zero-order valence-electron chi connectivity index (χ0n) is 18.0. The highest BCUT2D eigenvalue weighted by molar-refractivity contribution is 5.41. The molecule has 3 fully saturated rings. The van der Waals surface area contributed by atoms with Crippen LogP contribution in [0, 0.1) is 5.92 Å². The summed E-state index contributed by atoms with van der Waals surface area (Å²) in [5, 5.41) is 8.65. The SMILES string of the molecule is Cn1cc(C2CC3C(CC2F)NNC3c2cc(N3CCC(n4cccn4)C3)ncn2)cn1. The Balaban J connectivity index is 1.21. The third-order valence-corrected chi connectivity index (χ3v) is 7.34. The maximum atomic E-state index is 15.0. The summed E-state index contributed by atoms with van der Waals surface area (Å²) in [7, 11) is 1.88. The molecule has 2 N–H and O–H groups in total. The molecule has 2 aliphatic heterocycles. The van der Waals surface area contributed by atoms with Crippen molar-refractivity contribution in [3.05, 3.63) is 54.5 Å². The van der Waals surface area contributed by atoms with Crippen LogP contribution in [0.5, 0.6) is 0 Å². The molecule has 32 heavy (non-hydrogen) atoms. The van der Waals surface area contributed by atoms with E-state index in [1.54, 1.807) is 17.2 Å². The van der Waals surface area contributed by atoms with Gasteiger partial charge in [0.2, 0.25) is 0 Å². The van der Waals surface area contributed by atoms with Crippen molar-refractivity contribution in [1.29, 1.82) is 0 Å². The molecule has 0 bridgehead atoms. The van der Waals surface area contributed by atoms with Crippen molar-refractivity contribution in [1.82, 2.24) is 40.4 Å². The molecule has 6 unspecified atom stereocenters. The van der Waals surface area contributed by atoms with Crippen molar-refractivity contribution < 1.29 is 4.39 Å². The smallest absolute Gasteiger partial charge is 0.132 e. The van der Waals surface area contributed by atoms with Crippen LogP contribution in [0.4, 0.5) is 10.2 Å². The quantitative estimate of drug-likeness (QED) is 0.645. The summed E-state index contributed by atoms with van der Waals surface area (Å²) in [4.78, 5) is 11.5. The Morgan fingerprint density at radius 3 is 2.91 bits per heavy atom. The number of hydrogen-bond acceptors (Lipinski definition) is 7. The van der Waals surface area contributed by atoms with Crippen LogP contribution in [0.25, 0.3) is 0 Å². The molecule has 168 valence electrons. The molecule has 9 nitrogen and oxygen atoms in total. The predicted octanol–water partition coefficient (Wildman–Crippen LogP) is 1.91. The van der Waals surface area contributed by atoms with Crippen LogP contribution in [0.1, 0.15) is 48.5 Å². The third kappa shape index (κ3) is 3.47. The van der Waals surface area contributed by atoms with E-state index in [9.17, 15) is 4.39 Å². The molecule has 6 atom stereocenters. The lowest BCUT2D eigenvalue weighted by atomic mass is 9.72. The second kappa shape index (κ2) is 7.93. The fraction of sp³-hybridized carbons (Fsp3) is 0.545. The van der Waals surface area contributed by atoms with Crippen molar-refractivity contribution >= 4 is 5.82 Å². The Hall–Kier alpha value is -2.85. The first-order valence-corrected chi connectivity index (χ1v) is 11.4. The van der Waals surface area contributed by atoms with Crippen LogP contribution in [0.3, 0.4) is 0 Å². The van der Waals surface area contributed by atoms with Gasteiger partial charge in [0.1, 0.15) is 18.3 Å². The molecule has 2 saturated heterocycles. The average molecular weight is 438 g/mol. The van der Waals surface area contributed by atoms with Crippen LogP contribution in [-0.2, 0) is 7.05 Å². The first kappa shape index (κ1) is 19.8. The molecular formula is C22H28FN9. The summed E-state index contributed by atoms with van der Waals surface area (Å²) in [6.45, 7) is 1.82. The van der Waals surface area contributed by atoms with E-state index in [4.69, 9.17) is 0 Å². The van der Waals surface area contributed by atoms with Gasteiger partial charge in [-0.15, -0.1) is 0 Å². The first-order valence-electron chi connectivity index (χ1n) is 11.4. The monoisotopic (exact) mass is 437 g/mol. The zero-order valence-corrected chi connectivity index (χ0v) is 18.0. The highest BCUT2D eigenvalue weighted by atomic mass is 19.1. The summed E-state index contributed by atoms with van der Waals surface area (Å²) in [5.41, 5.74) is 8.67. The van der Waals surface area contributed by atoms with E-state index in [0.29, 0.717) is 12.5 Å². The Labute approximate surface area is 186 Å². The van der Waals surface area contributed by atoms with E-state index in [0.717, 1.165) is 43.0 Å². The summed E-state index contributed by atoms with van der Waals surface area (Å²) in [6, 6.07) is 4.54. The minimum atomic E-state index is -0.877. The minimum absolute atomic E-state index is 0.0259. The fourth-order valence-corrected chi connectivity index (χ4v) is 5.66. The van der Waals surface area contributed by atoms with Gasteiger partial charge in [-0.1, -0.05) is 0 Å². The van der Waals surface area contributed by atoms with E-state index in [1.807, 2.05) is 36.4 Å². The van der Waals surface area contributed by atoms with Crippen molar-refractivity contribution in [3.8, 4) is 0 Å². The van der Waals surface area contributed by atoms with E-state index in [2.05, 4.69) is 42.0 Å². The van der Waals surface area contributed by atoms with Gasteiger partial charge in [0.15, 0.2) is 0 Å². The molecule has 0 radical (unpaired) electrons. The lowest BCUT2D eigenvalue weighted by Crippen LogP contribution is -2.39. The predicted molar refractivity (Wildman–Crippen MR) is 116 cm³/mol. The Morgan fingerprint density at radius 1 is 1.16 bits per heavy atom.